The summed E-state index contributed by atoms with van der Waals surface area (Å²) in [6.07, 6.45) is 0. The van der Waals surface area contributed by atoms with E-state index in [0.717, 1.165) is 12.1 Å². The summed E-state index contributed by atoms with van der Waals surface area (Å²) in [5.41, 5.74) is -0.220. The van der Waals surface area contributed by atoms with Crippen molar-refractivity contribution in [1.82, 2.24) is 0 Å². The summed E-state index contributed by atoms with van der Waals surface area (Å²) in [5, 5.41) is 26.1. The Bertz CT molecular complexity index is 297. The molecule has 3 N–H and O–H groups in total. The first-order chi connectivity index (χ1) is 5.11. The van der Waals surface area contributed by atoms with Crippen molar-refractivity contribution in [2.75, 3.05) is 0 Å². The first kappa shape index (κ1) is 11.3. The van der Waals surface area contributed by atoms with Crippen molar-refractivity contribution >= 4 is 35.5 Å². The summed E-state index contributed by atoms with van der Waals surface area (Å²) in [5.74, 6) is -1.81. The summed E-state index contributed by atoms with van der Waals surface area (Å²) in [7, 11) is 0. The van der Waals surface area contributed by atoms with Gasteiger partial charge in [-0.1, -0.05) is 0 Å². The van der Waals surface area contributed by atoms with E-state index >= 15 is 0 Å². The Balaban J connectivity index is 0.00000121. The molecule has 5 heteroatoms. The Morgan fingerprint density at radius 1 is 1.25 bits per heavy atom. The second-order valence-corrected chi connectivity index (χ2v) is 2.01. The van der Waals surface area contributed by atoms with Gasteiger partial charge in [0.1, 0.15) is 17.1 Å². The van der Waals surface area contributed by atoms with Gasteiger partial charge < -0.3 is 15.3 Å². The topological polar surface area (TPSA) is 77.8 Å². The minimum Gasteiger partial charge on any atom is -0.508 e. The zero-order chi connectivity index (χ0) is 8.43. The van der Waals surface area contributed by atoms with E-state index in [0.29, 0.717) is 0 Å². The van der Waals surface area contributed by atoms with E-state index in [1.165, 1.54) is 6.07 Å². The van der Waals surface area contributed by atoms with Crippen molar-refractivity contribution in [3.63, 3.8) is 0 Å². The van der Waals surface area contributed by atoms with Crippen LogP contribution in [0.3, 0.4) is 0 Å². The molecule has 0 aromatic heterocycles. The molecular weight excluding hydrogens is 171 g/mol. The number of phenolic OH excluding ortho intramolecular Hbond substituents is 1. The van der Waals surface area contributed by atoms with Gasteiger partial charge in [-0.3, -0.25) is 0 Å². The molecule has 0 aliphatic rings. The molecular formula is C7H6NaO4. The van der Waals surface area contributed by atoms with Crippen LogP contribution in [0.25, 0.3) is 0 Å². The number of hydrogen-bond acceptors (Lipinski definition) is 3. The number of carboxylic acid groups (broad SMARTS) is 1. The van der Waals surface area contributed by atoms with Crippen molar-refractivity contribution in [2.24, 2.45) is 0 Å². The van der Waals surface area contributed by atoms with Gasteiger partial charge in [0.25, 0.3) is 0 Å². The molecule has 0 heterocycles. The van der Waals surface area contributed by atoms with Gasteiger partial charge in [0, 0.05) is 35.6 Å². The zero-order valence-corrected chi connectivity index (χ0v) is 8.48. The van der Waals surface area contributed by atoms with Crippen LogP contribution in [-0.2, 0) is 0 Å². The van der Waals surface area contributed by atoms with Crippen molar-refractivity contribution in [3.05, 3.63) is 23.8 Å². The molecule has 0 amide bonds. The van der Waals surface area contributed by atoms with Gasteiger partial charge in [-0.25, -0.2) is 4.79 Å². The Hall–Kier alpha value is -0.710. The first-order valence-corrected chi connectivity index (χ1v) is 2.86. The molecule has 0 unspecified atom stereocenters. The van der Waals surface area contributed by atoms with E-state index in [-0.39, 0.29) is 40.9 Å². The minimum absolute atomic E-state index is 0. The average Bonchev–Trinajstić information content (AvgIpc) is 1.85. The van der Waals surface area contributed by atoms with Crippen molar-refractivity contribution in [1.29, 1.82) is 0 Å². The van der Waals surface area contributed by atoms with Crippen LogP contribution in [0.5, 0.6) is 11.5 Å². The average molecular weight is 177 g/mol. The molecule has 0 aliphatic heterocycles. The van der Waals surface area contributed by atoms with Crippen LogP contribution in [0.2, 0.25) is 0 Å². The Morgan fingerprint density at radius 2 is 1.83 bits per heavy atom. The molecule has 0 spiro atoms. The number of benzene rings is 1. The summed E-state index contributed by atoms with van der Waals surface area (Å²) in [4.78, 5) is 10.3. The molecule has 0 saturated heterocycles. The Kier molecular flexibility index (Phi) is 4.09. The smallest absolute Gasteiger partial charge is 0.339 e. The Morgan fingerprint density at radius 3 is 2.25 bits per heavy atom. The van der Waals surface area contributed by atoms with Crippen molar-refractivity contribution in [2.45, 2.75) is 0 Å². The van der Waals surface area contributed by atoms with E-state index in [2.05, 4.69) is 0 Å². The summed E-state index contributed by atoms with van der Waals surface area (Å²) >= 11 is 0. The van der Waals surface area contributed by atoms with Gasteiger partial charge in [0.15, 0.2) is 0 Å². The van der Waals surface area contributed by atoms with Crippen LogP contribution in [0.4, 0.5) is 0 Å². The maximum atomic E-state index is 10.3. The normalized spacial score (nSPS) is 8.67. The third-order valence-corrected chi connectivity index (χ3v) is 1.21. The zero-order valence-electron chi connectivity index (χ0n) is 6.48. The molecule has 12 heavy (non-hydrogen) atoms. The van der Waals surface area contributed by atoms with Gasteiger partial charge in [-0.2, -0.15) is 0 Å². The fourth-order valence-electron chi connectivity index (χ4n) is 0.701. The van der Waals surface area contributed by atoms with Crippen LogP contribution in [0.15, 0.2) is 18.2 Å². The number of phenols is 2. The molecule has 1 radical (unpaired) electrons. The summed E-state index contributed by atoms with van der Waals surface area (Å²) in [6.45, 7) is 0. The number of carboxylic acids is 1. The number of aromatic hydroxyl groups is 2. The number of rotatable bonds is 1. The van der Waals surface area contributed by atoms with Crippen LogP contribution < -0.4 is 0 Å². The number of aromatic carboxylic acids is 1. The van der Waals surface area contributed by atoms with E-state index in [1.54, 1.807) is 0 Å². The summed E-state index contributed by atoms with van der Waals surface area (Å²) in [6, 6.07) is 3.31. The molecule has 1 aromatic rings. The number of carbonyl (C=O) groups is 1. The van der Waals surface area contributed by atoms with Crippen LogP contribution in [0, 0.1) is 0 Å². The van der Waals surface area contributed by atoms with Gasteiger partial charge in [0.2, 0.25) is 0 Å². The predicted molar refractivity (Wildman–Crippen MR) is 42.5 cm³/mol. The second kappa shape index (κ2) is 4.35. The third kappa shape index (κ3) is 2.41. The SMILES string of the molecule is O=C(O)c1ccc(O)cc1O.[Na]. The number of hydrogen-bond donors (Lipinski definition) is 3. The standard InChI is InChI=1S/C7H6O4.Na/c8-4-1-2-5(7(10)11)6(9)3-4;/h1-3,8-9H,(H,10,11);. The van der Waals surface area contributed by atoms with Crippen LogP contribution in [-0.4, -0.2) is 50.8 Å². The second-order valence-electron chi connectivity index (χ2n) is 2.01. The molecule has 1 rings (SSSR count). The largest absolute Gasteiger partial charge is 0.508 e. The van der Waals surface area contributed by atoms with E-state index in [4.69, 9.17) is 15.3 Å². The molecule has 4 nitrogen and oxygen atoms in total. The molecule has 0 atom stereocenters. The van der Waals surface area contributed by atoms with Gasteiger partial charge in [-0.15, -0.1) is 0 Å². The Labute approximate surface area is 90.8 Å². The molecule has 0 aliphatic carbocycles. The maximum Gasteiger partial charge on any atom is 0.339 e. The molecule has 59 valence electrons. The minimum atomic E-state index is -1.22. The van der Waals surface area contributed by atoms with E-state index in [1.807, 2.05) is 0 Å². The quantitative estimate of drug-likeness (QED) is 0.543. The van der Waals surface area contributed by atoms with Crippen LogP contribution >= 0.6 is 0 Å². The van der Waals surface area contributed by atoms with E-state index < -0.39 is 11.7 Å². The molecule has 1 aromatic carbocycles. The van der Waals surface area contributed by atoms with Crippen molar-refractivity contribution < 1.29 is 20.1 Å². The van der Waals surface area contributed by atoms with Crippen LogP contribution in [0.1, 0.15) is 10.4 Å². The van der Waals surface area contributed by atoms with E-state index in [9.17, 15) is 4.79 Å². The van der Waals surface area contributed by atoms with Gasteiger partial charge in [-0.05, 0) is 12.1 Å². The first-order valence-electron chi connectivity index (χ1n) is 2.86. The third-order valence-electron chi connectivity index (χ3n) is 1.21. The monoisotopic (exact) mass is 177 g/mol. The molecule has 0 fully saturated rings. The maximum absolute atomic E-state index is 10.3. The predicted octanol–water partition coefficient (Wildman–Crippen LogP) is 0.415. The fraction of sp³-hybridized carbons (Fsp3) is 0. The van der Waals surface area contributed by atoms with Gasteiger partial charge in [0.05, 0.1) is 0 Å². The van der Waals surface area contributed by atoms with Gasteiger partial charge >= 0.3 is 5.97 Å². The summed E-state index contributed by atoms with van der Waals surface area (Å²) < 4.78 is 0. The molecule has 0 saturated carbocycles. The fourth-order valence-corrected chi connectivity index (χ4v) is 0.701. The van der Waals surface area contributed by atoms with Crippen molar-refractivity contribution in [3.8, 4) is 11.5 Å². The molecule has 0 bridgehead atoms.